The van der Waals surface area contributed by atoms with Crippen molar-refractivity contribution in [1.29, 1.82) is 0 Å². The van der Waals surface area contributed by atoms with Gasteiger partial charge in [-0.2, -0.15) is 0 Å². The number of pyridine rings is 1. The standard InChI is InChI=1S/C13H24N5O/c1-18(2,3)9-11-8-17(4-5-19-11)13-12(15)6-10(14)7-16-13/h6-7,11H,4-5,8-9,14-15H2,1-3H3/q+1. The molecule has 2 heterocycles. The maximum absolute atomic E-state index is 6.00. The summed E-state index contributed by atoms with van der Waals surface area (Å²) in [5, 5.41) is 0. The summed E-state index contributed by atoms with van der Waals surface area (Å²) in [6.45, 7) is 3.30. The first-order valence-corrected chi connectivity index (χ1v) is 6.53. The van der Waals surface area contributed by atoms with Crippen molar-refractivity contribution >= 4 is 17.2 Å². The molecule has 0 radical (unpaired) electrons. The van der Waals surface area contributed by atoms with Crippen molar-refractivity contribution in [3.05, 3.63) is 12.3 Å². The number of hydrogen-bond acceptors (Lipinski definition) is 5. The van der Waals surface area contributed by atoms with E-state index in [1.54, 1.807) is 12.3 Å². The van der Waals surface area contributed by atoms with Gasteiger partial charge in [0.25, 0.3) is 0 Å². The Labute approximate surface area is 114 Å². The molecular formula is C13H24N5O+. The second-order valence-corrected chi connectivity index (χ2v) is 6.09. The predicted octanol–water partition coefficient (Wildman–Crippen LogP) is 0.157. The molecule has 2 rings (SSSR count). The van der Waals surface area contributed by atoms with Gasteiger partial charge in [-0.1, -0.05) is 0 Å². The number of ether oxygens (including phenoxy) is 1. The molecule has 1 atom stereocenters. The molecule has 0 spiro atoms. The smallest absolute Gasteiger partial charge is 0.152 e. The monoisotopic (exact) mass is 266 g/mol. The number of quaternary nitrogens is 1. The Kier molecular flexibility index (Phi) is 3.82. The summed E-state index contributed by atoms with van der Waals surface area (Å²) in [6.07, 6.45) is 1.85. The van der Waals surface area contributed by atoms with Gasteiger partial charge in [-0.15, -0.1) is 0 Å². The maximum atomic E-state index is 6.00. The summed E-state index contributed by atoms with van der Waals surface area (Å²) in [5.74, 6) is 0.809. The SMILES string of the molecule is C[N+](C)(C)CC1CN(c2ncc(N)cc2N)CCO1. The number of aromatic nitrogens is 1. The molecule has 6 nitrogen and oxygen atoms in total. The van der Waals surface area contributed by atoms with Gasteiger partial charge in [0.15, 0.2) is 5.82 Å². The van der Waals surface area contributed by atoms with Gasteiger partial charge in [-0.25, -0.2) is 4.98 Å². The highest BCUT2D eigenvalue weighted by molar-refractivity contribution is 5.67. The molecule has 1 aromatic heterocycles. The highest BCUT2D eigenvalue weighted by Crippen LogP contribution is 2.24. The third-order valence-electron chi connectivity index (χ3n) is 3.11. The van der Waals surface area contributed by atoms with E-state index in [0.717, 1.165) is 29.9 Å². The Hall–Kier alpha value is -1.53. The highest BCUT2D eigenvalue weighted by atomic mass is 16.5. The van der Waals surface area contributed by atoms with Crippen molar-refractivity contribution in [3.63, 3.8) is 0 Å². The Morgan fingerprint density at radius 1 is 1.42 bits per heavy atom. The number of rotatable bonds is 3. The lowest BCUT2D eigenvalue weighted by molar-refractivity contribution is -0.873. The molecule has 1 aliphatic heterocycles. The third kappa shape index (κ3) is 3.71. The van der Waals surface area contributed by atoms with Crippen LogP contribution in [0.2, 0.25) is 0 Å². The second kappa shape index (κ2) is 5.22. The Morgan fingerprint density at radius 2 is 2.16 bits per heavy atom. The molecule has 19 heavy (non-hydrogen) atoms. The Bertz CT molecular complexity index is 443. The molecular weight excluding hydrogens is 242 g/mol. The van der Waals surface area contributed by atoms with Gasteiger partial charge in [0.2, 0.25) is 0 Å². The van der Waals surface area contributed by atoms with Crippen molar-refractivity contribution in [2.75, 3.05) is 63.8 Å². The van der Waals surface area contributed by atoms with E-state index in [1.165, 1.54) is 0 Å². The van der Waals surface area contributed by atoms with Gasteiger partial charge in [-0.3, -0.25) is 0 Å². The van der Waals surface area contributed by atoms with Crippen LogP contribution in [0.25, 0.3) is 0 Å². The molecule has 1 unspecified atom stereocenters. The van der Waals surface area contributed by atoms with E-state index in [2.05, 4.69) is 31.0 Å². The van der Waals surface area contributed by atoms with Crippen molar-refractivity contribution in [2.45, 2.75) is 6.10 Å². The number of nitrogens with zero attached hydrogens (tertiary/aromatic N) is 3. The molecule has 6 heteroatoms. The van der Waals surface area contributed by atoms with Gasteiger partial charge in [0.05, 0.1) is 51.9 Å². The summed E-state index contributed by atoms with van der Waals surface area (Å²) in [4.78, 5) is 6.53. The van der Waals surface area contributed by atoms with Crippen LogP contribution in [0.4, 0.5) is 17.2 Å². The largest absolute Gasteiger partial charge is 0.397 e. The summed E-state index contributed by atoms with van der Waals surface area (Å²) in [6, 6.07) is 1.76. The van der Waals surface area contributed by atoms with Crippen LogP contribution in [0.3, 0.4) is 0 Å². The number of morpholine rings is 1. The first kappa shape index (κ1) is 13.9. The van der Waals surface area contributed by atoms with Crippen LogP contribution in [0.15, 0.2) is 12.3 Å². The van der Waals surface area contributed by atoms with Crippen LogP contribution >= 0.6 is 0 Å². The van der Waals surface area contributed by atoms with Crippen LogP contribution in [-0.2, 0) is 4.74 Å². The third-order valence-corrected chi connectivity index (χ3v) is 3.11. The Morgan fingerprint density at radius 3 is 2.79 bits per heavy atom. The zero-order chi connectivity index (χ0) is 14.0. The second-order valence-electron chi connectivity index (χ2n) is 6.09. The van der Waals surface area contributed by atoms with Crippen molar-refractivity contribution in [3.8, 4) is 0 Å². The van der Waals surface area contributed by atoms with Gasteiger partial charge in [-0.05, 0) is 6.07 Å². The fourth-order valence-electron chi connectivity index (χ4n) is 2.39. The average molecular weight is 266 g/mol. The van der Waals surface area contributed by atoms with Crippen molar-refractivity contribution < 1.29 is 9.22 Å². The number of likely N-dealkylation sites (N-methyl/N-ethyl adjacent to an activating group) is 1. The maximum Gasteiger partial charge on any atom is 0.152 e. The van der Waals surface area contributed by atoms with E-state index in [4.69, 9.17) is 16.2 Å². The van der Waals surface area contributed by atoms with Gasteiger partial charge >= 0.3 is 0 Å². The van der Waals surface area contributed by atoms with E-state index < -0.39 is 0 Å². The van der Waals surface area contributed by atoms with Crippen LogP contribution in [0.5, 0.6) is 0 Å². The number of nitrogens with two attached hydrogens (primary N) is 2. The predicted molar refractivity (Wildman–Crippen MR) is 77.9 cm³/mol. The van der Waals surface area contributed by atoms with E-state index in [9.17, 15) is 0 Å². The minimum Gasteiger partial charge on any atom is -0.397 e. The van der Waals surface area contributed by atoms with Crippen molar-refractivity contribution in [2.24, 2.45) is 0 Å². The molecule has 1 aliphatic rings. The number of hydrogen-bond donors (Lipinski definition) is 2. The molecule has 106 valence electrons. The van der Waals surface area contributed by atoms with E-state index in [-0.39, 0.29) is 6.10 Å². The number of anilines is 3. The van der Waals surface area contributed by atoms with Crippen LogP contribution in [0.1, 0.15) is 0 Å². The van der Waals surface area contributed by atoms with Crippen molar-refractivity contribution in [1.82, 2.24) is 4.98 Å². The van der Waals surface area contributed by atoms with Gasteiger partial charge < -0.3 is 25.6 Å². The topological polar surface area (TPSA) is 77.4 Å². The quantitative estimate of drug-likeness (QED) is 0.762. The first-order chi connectivity index (χ1) is 8.85. The minimum atomic E-state index is 0.201. The lowest BCUT2D eigenvalue weighted by Gasteiger charge is -2.37. The molecule has 0 aliphatic carbocycles. The van der Waals surface area contributed by atoms with Gasteiger partial charge in [0.1, 0.15) is 12.6 Å². The fraction of sp³-hybridized carbons (Fsp3) is 0.615. The average Bonchev–Trinajstić information content (AvgIpc) is 2.26. The van der Waals surface area contributed by atoms with E-state index in [0.29, 0.717) is 18.0 Å². The number of nitrogen functional groups attached to an aromatic ring is 2. The van der Waals surface area contributed by atoms with E-state index >= 15 is 0 Å². The lowest BCUT2D eigenvalue weighted by Crippen LogP contribution is -2.51. The van der Waals surface area contributed by atoms with Crippen LogP contribution in [0, 0.1) is 0 Å². The molecule has 1 aromatic rings. The Balaban J connectivity index is 2.08. The molecule has 0 bridgehead atoms. The summed E-state index contributed by atoms with van der Waals surface area (Å²) < 4.78 is 6.70. The summed E-state index contributed by atoms with van der Waals surface area (Å²) in [5.41, 5.74) is 12.9. The highest BCUT2D eigenvalue weighted by Gasteiger charge is 2.27. The molecule has 0 aromatic carbocycles. The molecule has 1 fully saturated rings. The normalized spacial score (nSPS) is 20.6. The first-order valence-electron chi connectivity index (χ1n) is 6.53. The summed E-state index contributed by atoms with van der Waals surface area (Å²) in [7, 11) is 6.49. The van der Waals surface area contributed by atoms with Crippen LogP contribution in [-0.4, -0.2) is 63.0 Å². The fourth-order valence-corrected chi connectivity index (χ4v) is 2.39. The van der Waals surface area contributed by atoms with Crippen LogP contribution < -0.4 is 16.4 Å². The molecule has 1 saturated heterocycles. The minimum absolute atomic E-state index is 0.201. The zero-order valence-electron chi connectivity index (χ0n) is 12.0. The summed E-state index contributed by atoms with van der Waals surface area (Å²) >= 11 is 0. The van der Waals surface area contributed by atoms with Gasteiger partial charge in [0, 0.05) is 6.54 Å². The lowest BCUT2D eigenvalue weighted by atomic mass is 10.2. The molecule has 0 saturated carbocycles. The molecule has 0 amide bonds. The van der Waals surface area contributed by atoms with E-state index in [1.807, 2.05) is 0 Å². The zero-order valence-corrected chi connectivity index (χ0v) is 12.0. The molecule has 4 N–H and O–H groups in total.